The molecule has 2 aromatic carbocycles. The maximum Gasteiger partial charge on any atom is 0.242 e. The van der Waals surface area contributed by atoms with Crippen LogP contribution in [0, 0.1) is 0 Å². The van der Waals surface area contributed by atoms with Gasteiger partial charge in [-0.3, -0.25) is 9.59 Å². The van der Waals surface area contributed by atoms with Crippen molar-refractivity contribution in [3.05, 3.63) is 65.7 Å². The van der Waals surface area contributed by atoms with Gasteiger partial charge < -0.3 is 15.0 Å². The van der Waals surface area contributed by atoms with Gasteiger partial charge in [-0.1, -0.05) is 49.4 Å². The summed E-state index contributed by atoms with van der Waals surface area (Å²) in [4.78, 5) is 26.9. The Hall–Kier alpha value is -2.82. The molecule has 0 aliphatic carbocycles. The maximum absolute atomic E-state index is 12.6. The van der Waals surface area contributed by atoms with E-state index in [1.54, 1.807) is 18.9 Å². The smallest absolute Gasteiger partial charge is 0.242 e. The number of rotatable bonds is 9. The normalized spacial score (nSPS) is 11.5. The standard InChI is InChI=1S/C22H28N2O3/c1-4-8-21(25)24(16-19-11-13-20(27-3)14-12-19)17(2)22(26)23-15-18-9-6-5-7-10-18/h5-7,9-14,17H,4,8,15-16H2,1-3H3,(H,23,26)/t17-/m1/s1. The number of amides is 2. The predicted octanol–water partition coefficient (Wildman–Crippen LogP) is 3.53. The molecule has 0 bridgehead atoms. The third kappa shape index (κ3) is 6.13. The highest BCUT2D eigenvalue weighted by Gasteiger charge is 2.25. The fourth-order valence-corrected chi connectivity index (χ4v) is 2.80. The Morgan fingerprint density at radius 1 is 1.04 bits per heavy atom. The first kappa shape index (κ1) is 20.5. The van der Waals surface area contributed by atoms with Gasteiger partial charge in [-0.15, -0.1) is 0 Å². The third-order valence-electron chi connectivity index (χ3n) is 4.45. The number of hydrogen-bond donors (Lipinski definition) is 1. The summed E-state index contributed by atoms with van der Waals surface area (Å²) >= 11 is 0. The summed E-state index contributed by atoms with van der Waals surface area (Å²) < 4.78 is 5.18. The first-order valence-corrected chi connectivity index (χ1v) is 9.29. The second-order valence-electron chi connectivity index (χ2n) is 6.50. The highest BCUT2D eigenvalue weighted by atomic mass is 16.5. The lowest BCUT2D eigenvalue weighted by Gasteiger charge is -2.29. The van der Waals surface area contributed by atoms with Crippen molar-refractivity contribution < 1.29 is 14.3 Å². The second kappa shape index (κ2) is 10.4. The van der Waals surface area contributed by atoms with Crippen molar-refractivity contribution >= 4 is 11.8 Å². The van der Waals surface area contributed by atoms with Crippen molar-refractivity contribution in [2.45, 2.75) is 45.8 Å². The molecule has 0 aromatic heterocycles. The number of benzene rings is 2. The number of carbonyl (C=O) groups excluding carboxylic acids is 2. The van der Waals surface area contributed by atoms with E-state index in [4.69, 9.17) is 4.74 Å². The van der Waals surface area contributed by atoms with Gasteiger partial charge in [-0.2, -0.15) is 0 Å². The molecule has 0 spiro atoms. The van der Waals surface area contributed by atoms with E-state index in [9.17, 15) is 9.59 Å². The Balaban J connectivity index is 2.06. The topological polar surface area (TPSA) is 58.6 Å². The summed E-state index contributed by atoms with van der Waals surface area (Å²) in [5.74, 6) is 0.589. The van der Waals surface area contributed by atoms with Gasteiger partial charge in [-0.05, 0) is 36.6 Å². The van der Waals surface area contributed by atoms with Gasteiger partial charge in [0.2, 0.25) is 11.8 Å². The number of ether oxygens (including phenoxy) is 1. The van der Waals surface area contributed by atoms with Crippen LogP contribution in [-0.4, -0.2) is 29.9 Å². The maximum atomic E-state index is 12.6. The predicted molar refractivity (Wildman–Crippen MR) is 106 cm³/mol. The lowest BCUT2D eigenvalue weighted by atomic mass is 10.1. The molecule has 5 nitrogen and oxygen atoms in total. The minimum atomic E-state index is -0.546. The van der Waals surface area contributed by atoms with Crippen molar-refractivity contribution in [3.8, 4) is 5.75 Å². The summed E-state index contributed by atoms with van der Waals surface area (Å²) in [5.41, 5.74) is 1.99. The molecule has 0 fully saturated rings. The van der Waals surface area contributed by atoms with Crippen molar-refractivity contribution in [1.29, 1.82) is 0 Å². The fraction of sp³-hybridized carbons (Fsp3) is 0.364. The van der Waals surface area contributed by atoms with Crippen molar-refractivity contribution in [2.24, 2.45) is 0 Å². The lowest BCUT2D eigenvalue weighted by molar-refractivity contribution is -0.140. The largest absolute Gasteiger partial charge is 0.497 e. The summed E-state index contributed by atoms with van der Waals surface area (Å²) in [6.07, 6.45) is 1.17. The van der Waals surface area contributed by atoms with Gasteiger partial charge in [0.1, 0.15) is 11.8 Å². The molecule has 0 radical (unpaired) electrons. The molecule has 0 aliphatic heterocycles. The molecule has 144 valence electrons. The van der Waals surface area contributed by atoms with Crippen LogP contribution in [0.4, 0.5) is 0 Å². The van der Waals surface area contributed by atoms with Crippen molar-refractivity contribution in [1.82, 2.24) is 10.2 Å². The molecule has 27 heavy (non-hydrogen) atoms. The van der Waals surface area contributed by atoms with Crippen LogP contribution in [0.1, 0.15) is 37.8 Å². The third-order valence-corrected chi connectivity index (χ3v) is 4.45. The van der Waals surface area contributed by atoms with Crippen molar-refractivity contribution in [2.75, 3.05) is 7.11 Å². The number of hydrogen-bond acceptors (Lipinski definition) is 3. The Bertz CT molecular complexity index is 729. The lowest BCUT2D eigenvalue weighted by Crippen LogP contribution is -2.47. The van der Waals surface area contributed by atoms with Crippen LogP contribution in [0.3, 0.4) is 0 Å². The molecule has 0 aliphatic rings. The van der Waals surface area contributed by atoms with Crippen LogP contribution in [0.2, 0.25) is 0 Å². The average Bonchev–Trinajstić information content (AvgIpc) is 2.71. The summed E-state index contributed by atoms with van der Waals surface area (Å²) in [6.45, 7) is 4.58. The zero-order valence-electron chi connectivity index (χ0n) is 16.3. The summed E-state index contributed by atoms with van der Waals surface area (Å²) in [6, 6.07) is 16.7. The van der Waals surface area contributed by atoms with Crippen LogP contribution in [0.25, 0.3) is 0 Å². The van der Waals surface area contributed by atoms with Crippen LogP contribution in [0.15, 0.2) is 54.6 Å². The molecular weight excluding hydrogens is 340 g/mol. The van der Waals surface area contributed by atoms with Gasteiger partial charge in [-0.25, -0.2) is 0 Å². The molecule has 0 heterocycles. The highest BCUT2D eigenvalue weighted by molar-refractivity contribution is 5.87. The van der Waals surface area contributed by atoms with E-state index < -0.39 is 6.04 Å². The van der Waals surface area contributed by atoms with Gasteiger partial charge in [0.15, 0.2) is 0 Å². The first-order valence-electron chi connectivity index (χ1n) is 9.29. The minimum Gasteiger partial charge on any atom is -0.497 e. The molecule has 0 saturated carbocycles. The SMILES string of the molecule is CCCC(=O)N(Cc1ccc(OC)cc1)[C@H](C)C(=O)NCc1ccccc1. The van der Waals surface area contributed by atoms with E-state index in [2.05, 4.69) is 5.32 Å². The quantitative estimate of drug-likeness (QED) is 0.737. The zero-order chi connectivity index (χ0) is 19.6. The molecule has 0 unspecified atom stereocenters. The van der Waals surface area contributed by atoms with E-state index in [0.717, 1.165) is 23.3 Å². The average molecular weight is 368 g/mol. The Morgan fingerprint density at radius 3 is 2.30 bits per heavy atom. The number of carbonyl (C=O) groups is 2. The van der Waals surface area contributed by atoms with E-state index in [1.807, 2.05) is 61.5 Å². The van der Waals surface area contributed by atoms with Crippen LogP contribution >= 0.6 is 0 Å². The Morgan fingerprint density at radius 2 is 1.70 bits per heavy atom. The number of nitrogens with zero attached hydrogens (tertiary/aromatic N) is 1. The highest BCUT2D eigenvalue weighted by Crippen LogP contribution is 2.16. The molecular formula is C22H28N2O3. The van der Waals surface area contributed by atoms with E-state index in [1.165, 1.54) is 0 Å². The Kier molecular flexibility index (Phi) is 7.86. The molecule has 1 N–H and O–H groups in total. The number of methoxy groups -OCH3 is 1. The van der Waals surface area contributed by atoms with Crippen molar-refractivity contribution in [3.63, 3.8) is 0 Å². The van der Waals surface area contributed by atoms with Crippen LogP contribution < -0.4 is 10.1 Å². The number of nitrogens with one attached hydrogen (secondary N) is 1. The minimum absolute atomic E-state index is 0.0179. The van der Waals surface area contributed by atoms with Crippen LogP contribution in [0.5, 0.6) is 5.75 Å². The molecule has 2 aromatic rings. The summed E-state index contributed by atoms with van der Waals surface area (Å²) in [5, 5.41) is 2.93. The van der Waals surface area contributed by atoms with Gasteiger partial charge >= 0.3 is 0 Å². The van der Waals surface area contributed by atoms with Crippen LogP contribution in [-0.2, 0) is 22.7 Å². The van der Waals surface area contributed by atoms with Gasteiger partial charge in [0.05, 0.1) is 7.11 Å². The molecule has 0 saturated heterocycles. The Labute approximate surface area is 161 Å². The van der Waals surface area contributed by atoms with E-state index in [-0.39, 0.29) is 11.8 Å². The van der Waals surface area contributed by atoms with E-state index in [0.29, 0.717) is 19.5 Å². The first-order chi connectivity index (χ1) is 13.0. The molecule has 2 rings (SSSR count). The fourth-order valence-electron chi connectivity index (χ4n) is 2.80. The van der Waals surface area contributed by atoms with Gasteiger partial charge in [0, 0.05) is 19.5 Å². The monoisotopic (exact) mass is 368 g/mol. The summed E-state index contributed by atoms with van der Waals surface area (Å²) in [7, 11) is 1.62. The second-order valence-corrected chi connectivity index (χ2v) is 6.50. The molecule has 2 amide bonds. The molecule has 5 heteroatoms. The van der Waals surface area contributed by atoms with E-state index >= 15 is 0 Å². The zero-order valence-corrected chi connectivity index (χ0v) is 16.3. The van der Waals surface area contributed by atoms with Gasteiger partial charge in [0.25, 0.3) is 0 Å². The molecule has 1 atom stereocenters.